The number of ether oxygens (including phenoxy) is 18. The average Bonchev–Trinajstić information content (AvgIpc) is 1.71. The Hall–Kier alpha value is -11.1. The third-order valence-electron chi connectivity index (χ3n) is 11.1. The van der Waals surface area contributed by atoms with E-state index in [0.29, 0.717) is 32.1 Å². The van der Waals surface area contributed by atoms with Crippen LogP contribution in [-0.4, -0.2) is 222 Å². The lowest BCUT2D eigenvalue weighted by Crippen LogP contribution is -2.26. The summed E-state index contributed by atoms with van der Waals surface area (Å²) in [6, 6.07) is 0. The molecule has 7 atom stereocenters. The molecule has 0 N–H and O–H groups in total. The minimum Gasteiger partial charge on any atom is -0.463 e. The predicted octanol–water partition coefficient (Wildman–Crippen LogP) is -0.217. The molecule has 0 bridgehead atoms. The Morgan fingerprint density at radius 3 is 0.844 bits per heavy atom. The van der Waals surface area contributed by atoms with Gasteiger partial charge in [0.1, 0.15) is 11.7 Å². The second kappa shape index (κ2) is 42.9. The highest BCUT2D eigenvalue weighted by Gasteiger charge is 2.43. The van der Waals surface area contributed by atoms with Gasteiger partial charge in [-0.1, -0.05) is 39.5 Å². The van der Waals surface area contributed by atoms with Crippen molar-refractivity contribution in [2.45, 2.75) is 128 Å². The number of carbonyl (C=O) groups is 18. The molecule has 6 aliphatic heterocycles. The van der Waals surface area contributed by atoms with Crippen LogP contribution < -0.4 is 0 Å². The van der Waals surface area contributed by atoms with E-state index in [9.17, 15) is 86.3 Å². The van der Waals surface area contributed by atoms with Crippen LogP contribution in [0.15, 0.2) is 74.4 Å². The van der Waals surface area contributed by atoms with E-state index in [1.54, 1.807) is 20.8 Å². The van der Waals surface area contributed by atoms with E-state index >= 15 is 0 Å². The van der Waals surface area contributed by atoms with E-state index in [2.05, 4.69) is 86.8 Å². The highest BCUT2D eigenvalue weighted by Crippen LogP contribution is 2.28. The molecule has 0 spiro atoms. The van der Waals surface area contributed by atoms with Crippen LogP contribution in [0.1, 0.15) is 80.1 Å². The highest BCUT2D eigenvalue weighted by molar-refractivity contribution is 5.92. The maximum atomic E-state index is 11.3. The van der Waals surface area contributed by atoms with Crippen molar-refractivity contribution >= 4 is 107 Å². The molecule has 0 amide bonds. The first kappa shape index (κ1) is 82.9. The summed E-state index contributed by atoms with van der Waals surface area (Å²) in [4.78, 5) is 198. The molecule has 6 rings (SSSR count). The second-order valence-corrected chi connectivity index (χ2v) is 20.1. The number of esters is 18. The highest BCUT2D eigenvalue weighted by atomic mass is 16.7. The fourth-order valence-electron chi connectivity index (χ4n) is 6.62. The van der Waals surface area contributed by atoms with Gasteiger partial charge in [-0.25, -0.2) is 86.3 Å². The molecule has 6 heterocycles. The molecule has 96 heavy (non-hydrogen) atoms. The number of carbonyl (C=O) groups excluding carboxylic acids is 18. The second-order valence-electron chi connectivity index (χ2n) is 20.1. The first-order valence-corrected chi connectivity index (χ1v) is 28.1. The van der Waals surface area contributed by atoms with Gasteiger partial charge in [0.25, 0.3) is 0 Å². The lowest BCUT2D eigenvalue weighted by Gasteiger charge is -2.14. The van der Waals surface area contributed by atoms with E-state index in [-0.39, 0.29) is 55.7 Å². The maximum absolute atomic E-state index is 11.3. The lowest BCUT2D eigenvalue weighted by atomic mass is 10.0. The standard InChI is InChI=1S/2C11H14O6.2C10H12O6.2C9H10O6/c1-6(2)10(13)15-5-9(12)17-8-4-7(3)16-11(8)14;1-4-8(12)15-6-9(13)16-7-5-11(2,3)17-10(7)14;2*1-6(2)9(12)15-5-8(11)16-7-3-4-14-10(7)13;2*1-2-7(10)14-5-8(11)15-6-3-4-13-9(6)12/h7-8H,1,4-5H2,2-3H3;4,7H,1,5-6H2,2-3H3;2*7H,1,3-5H2,2H3;2*2,6H,1,3-5H2. The van der Waals surface area contributed by atoms with Crippen molar-refractivity contribution < 1.29 is 172 Å². The van der Waals surface area contributed by atoms with Gasteiger partial charge in [-0.05, 0) is 41.5 Å². The molecule has 0 aromatic heterocycles. The fraction of sp³-hybridized carbons (Fsp3) is 0.500. The van der Waals surface area contributed by atoms with Crippen molar-refractivity contribution in [2.24, 2.45) is 0 Å². The average molecular weight is 1370 g/mol. The van der Waals surface area contributed by atoms with Gasteiger partial charge in [-0.3, -0.25) is 0 Å². The van der Waals surface area contributed by atoms with Crippen molar-refractivity contribution in [2.75, 3.05) is 66.1 Å². The first-order chi connectivity index (χ1) is 45.0. The number of rotatable bonds is 24. The maximum Gasteiger partial charge on any atom is 0.348 e. The first-order valence-electron chi connectivity index (χ1n) is 28.1. The molecule has 6 saturated heterocycles. The van der Waals surface area contributed by atoms with E-state index in [0.717, 1.165) is 18.2 Å². The Balaban J connectivity index is 0.000000576. The van der Waals surface area contributed by atoms with Crippen LogP contribution in [0.4, 0.5) is 0 Å². The van der Waals surface area contributed by atoms with Crippen molar-refractivity contribution in [3.63, 3.8) is 0 Å². The molecule has 528 valence electrons. The molecular weight excluding hydrogens is 1300 g/mol. The third kappa shape index (κ3) is 34.5. The normalized spacial score (nSPS) is 20.1. The quantitative estimate of drug-likeness (QED) is 0.0685. The van der Waals surface area contributed by atoms with Crippen LogP contribution in [-0.2, 0) is 172 Å². The molecule has 36 nitrogen and oxygen atoms in total. The Morgan fingerprint density at radius 2 is 0.646 bits per heavy atom. The van der Waals surface area contributed by atoms with E-state index < -0.39 is 189 Å². The number of cyclic esters (lactones) is 6. The van der Waals surface area contributed by atoms with Crippen molar-refractivity contribution in [1.29, 1.82) is 0 Å². The summed E-state index contributed by atoms with van der Waals surface area (Å²) in [6.07, 6.45) is -0.885. The van der Waals surface area contributed by atoms with Crippen LogP contribution >= 0.6 is 0 Å². The summed E-state index contributed by atoms with van der Waals surface area (Å²) in [6.45, 7) is 26.8. The Bertz CT molecular complexity index is 2850. The minimum absolute atomic E-state index is 0.187. The van der Waals surface area contributed by atoms with Gasteiger partial charge >= 0.3 is 107 Å². The Labute approximate surface area is 546 Å². The SMILES string of the molecule is C=C(C)C(=O)OCC(=O)OC1CC(C)OC1=O.C=C(C)C(=O)OCC(=O)OC1CCOC1=O.C=C(C)C(=O)OCC(=O)OC1CCOC1=O.C=CC(=O)OCC(=O)OC1CC(C)(C)OC1=O.C=CC(=O)OCC(=O)OC1CCOC1=O.C=CC(=O)OCC(=O)OC1CCOC1=O. The third-order valence-corrected chi connectivity index (χ3v) is 11.1. The zero-order valence-corrected chi connectivity index (χ0v) is 53.0. The molecule has 6 fully saturated rings. The Kier molecular flexibility index (Phi) is 37.1. The molecule has 0 aromatic carbocycles. The minimum atomic E-state index is -0.931. The summed E-state index contributed by atoms with van der Waals surface area (Å²) in [5.74, 6) is -12.3. The summed E-state index contributed by atoms with van der Waals surface area (Å²) < 4.78 is 83.5. The topological polar surface area (TPSA) is 473 Å². The summed E-state index contributed by atoms with van der Waals surface area (Å²) >= 11 is 0. The van der Waals surface area contributed by atoms with E-state index in [1.807, 2.05) is 0 Å². The molecule has 6 aliphatic rings. The molecule has 7 unspecified atom stereocenters. The lowest BCUT2D eigenvalue weighted by molar-refractivity contribution is -0.166. The van der Waals surface area contributed by atoms with Gasteiger partial charge in [0.2, 0.25) is 36.6 Å². The van der Waals surface area contributed by atoms with Gasteiger partial charge in [0.05, 0.1) is 26.4 Å². The van der Waals surface area contributed by atoms with Crippen LogP contribution in [0, 0.1) is 0 Å². The summed E-state index contributed by atoms with van der Waals surface area (Å²) in [7, 11) is 0. The molecule has 0 saturated carbocycles. The largest absolute Gasteiger partial charge is 0.463 e. The zero-order chi connectivity index (χ0) is 72.8. The van der Waals surface area contributed by atoms with E-state index in [4.69, 9.17) is 37.9 Å². The molecule has 0 aromatic rings. The van der Waals surface area contributed by atoms with Crippen molar-refractivity contribution in [3.8, 4) is 0 Å². The monoisotopic (exact) mass is 1370 g/mol. The zero-order valence-electron chi connectivity index (χ0n) is 53.0. The molecule has 36 heteroatoms. The van der Waals surface area contributed by atoms with Gasteiger partial charge in [0.15, 0.2) is 39.6 Å². The predicted molar refractivity (Wildman–Crippen MR) is 307 cm³/mol. The molecule has 0 aliphatic carbocycles. The Morgan fingerprint density at radius 1 is 0.396 bits per heavy atom. The summed E-state index contributed by atoms with van der Waals surface area (Å²) in [5, 5.41) is 0. The van der Waals surface area contributed by atoms with Crippen LogP contribution in [0.2, 0.25) is 0 Å². The van der Waals surface area contributed by atoms with Gasteiger partial charge < -0.3 is 85.3 Å². The molecule has 0 radical (unpaired) electrons. The molecular formula is C60H72O36. The van der Waals surface area contributed by atoms with Crippen LogP contribution in [0.5, 0.6) is 0 Å². The van der Waals surface area contributed by atoms with Crippen molar-refractivity contribution in [3.05, 3.63) is 74.4 Å². The van der Waals surface area contributed by atoms with Gasteiger partial charge in [0, 0.05) is 73.5 Å². The van der Waals surface area contributed by atoms with Gasteiger partial charge in [-0.15, -0.1) is 0 Å². The fourth-order valence-corrected chi connectivity index (χ4v) is 6.62. The van der Waals surface area contributed by atoms with Crippen LogP contribution in [0.3, 0.4) is 0 Å². The summed E-state index contributed by atoms with van der Waals surface area (Å²) in [5.41, 5.74) is -0.0762. The van der Waals surface area contributed by atoms with Gasteiger partial charge in [-0.2, -0.15) is 0 Å². The number of hydrogen-bond donors (Lipinski definition) is 0. The van der Waals surface area contributed by atoms with Crippen LogP contribution in [0.25, 0.3) is 0 Å². The number of hydrogen-bond acceptors (Lipinski definition) is 36. The van der Waals surface area contributed by atoms with E-state index in [1.165, 1.54) is 20.8 Å². The van der Waals surface area contributed by atoms with Crippen molar-refractivity contribution in [1.82, 2.24) is 0 Å². The smallest absolute Gasteiger partial charge is 0.348 e.